The Balaban J connectivity index is 1.92. The van der Waals surface area contributed by atoms with E-state index in [0.29, 0.717) is 24.7 Å². The molecule has 2 fully saturated rings. The van der Waals surface area contributed by atoms with Crippen LogP contribution in [0.1, 0.15) is 52.4 Å². The zero-order valence-corrected chi connectivity index (χ0v) is 11.9. The maximum absolute atomic E-state index is 12.3. The summed E-state index contributed by atoms with van der Waals surface area (Å²) in [6.07, 6.45) is 6.22. The second-order valence-electron chi connectivity index (χ2n) is 6.47. The van der Waals surface area contributed by atoms with Crippen LogP contribution in [0.2, 0.25) is 0 Å². The van der Waals surface area contributed by atoms with Gasteiger partial charge in [0, 0.05) is 6.04 Å². The van der Waals surface area contributed by atoms with Gasteiger partial charge in [-0.15, -0.1) is 0 Å². The SMILES string of the molecule is CC1C[C@H](C(=O)NC(C)C2CCCC2)[C@H](C(=O)O)C1. The summed E-state index contributed by atoms with van der Waals surface area (Å²) in [5.74, 6) is -0.791. The van der Waals surface area contributed by atoms with Crippen LogP contribution in [0.15, 0.2) is 0 Å². The normalized spacial score (nSPS) is 33.3. The minimum atomic E-state index is -0.821. The van der Waals surface area contributed by atoms with Crippen LogP contribution in [0.4, 0.5) is 0 Å². The minimum absolute atomic E-state index is 0.0452. The zero-order chi connectivity index (χ0) is 14.0. The van der Waals surface area contributed by atoms with Crippen molar-refractivity contribution >= 4 is 11.9 Å². The predicted molar refractivity (Wildman–Crippen MR) is 72.6 cm³/mol. The number of hydrogen-bond acceptors (Lipinski definition) is 2. The Hall–Kier alpha value is -1.06. The van der Waals surface area contributed by atoms with E-state index in [4.69, 9.17) is 0 Å². The molecule has 0 aliphatic heterocycles. The van der Waals surface area contributed by atoms with Crippen LogP contribution >= 0.6 is 0 Å². The van der Waals surface area contributed by atoms with Gasteiger partial charge in [0.15, 0.2) is 0 Å². The van der Waals surface area contributed by atoms with Crippen LogP contribution in [-0.2, 0) is 9.59 Å². The largest absolute Gasteiger partial charge is 0.481 e. The fourth-order valence-corrected chi connectivity index (χ4v) is 3.76. The molecule has 0 saturated heterocycles. The van der Waals surface area contributed by atoms with Crippen molar-refractivity contribution in [2.45, 2.75) is 58.4 Å². The number of rotatable bonds is 4. The number of amides is 1. The van der Waals surface area contributed by atoms with Gasteiger partial charge in [-0.05, 0) is 44.4 Å². The molecule has 0 bridgehead atoms. The Labute approximate surface area is 115 Å². The molecule has 0 heterocycles. The Morgan fingerprint density at radius 1 is 1.16 bits per heavy atom. The van der Waals surface area contributed by atoms with Gasteiger partial charge in [-0.25, -0.2) is 0 Å². The average molecular weight is 267 g/mol. The molecular weight excluding hydrogens is 242 g/mol. The highest BCUT2D eigenvalue weighted by molar-refractivity contribution is 5.85. The predicted octanol–water partition coefficient (Wildman–Crippen LogP) is 2.43. The molecule has 0 aromatic carbocycles. The van der Waals surface area contributed by atoms with Gasteiger partial charge in [-0.1, -0.05) is 19.8 Å². The molecular formula is C15H25NO3. The molecule has 1 amide bonds. The molecule has 4 atom stereocenters. The molecule has 4 nitrogen and oxygen atoms in total. The molecule has 2 rings (SSSR count). The number of nitrogens with one attached hydrogen (secondary N) is 1. The number of aliphatic carboxylic acids is 1. The molecule has 4 heteroatoms. The number of carboxylic acids is 1. The van der Waals surface area contributed by atoms with Crippen molar-refractivity contribution < 1.29 is 14.7 Å². The van der Waals surface area contributed by atoms with E-state index in [1.54, 1.807) is 0 Å². The van der Waals surface area contributed by atoms with Crippen LogP contribution in [0.5, 0.6) is 0 Å². The highest BCUT2D eigenvalue weighted by Crippen LogP contribution is 2.37. The van der Waals surface area contributed by atoms with Crippen molar-refractivity contribution in [3.63, 3.8) is 0 Å². The van der Waals surface area contributed by atoms with E-state index in [1.807, 2.05) is 6.92 Å². The lowest BCUT2D eigenvalue weighted by molar-refractivity contribution is -0.146. The second-order valence-corrected chi connectivity index (χ2v) is 6.47. The van der Waals surface area contributed by atoms with Gasteiger partial charge in [0.25, 0.3) is 0 Å². The summed E-state index contributed by atoms with van der Waals surface area (Å²) in [5.41, 5.74) is 0. The summed E-state index contributed by atoms with van der Waals surface area (Å²) in [4.78, 5) is 23.5. The highest BCUT2D eigenvalue weighted by atomic mass is 16.4. The first-order valence-corrected chi connectivity index (χ1v) is 7.52. The van der Waals surface area contributed by atoms with Crippen molar-refractivity contribution in [3.8, 4) is 0 Å². The molecule has 2 N–H and O–H groups in total. The lowest BCUT2D eigenvalue weighted by Crippen LogP contribution is -2.42. The second kappa shape index (κ2) is 5.93. The summed E-state index contributed by atoms with van der Waals surface area (Å²) >= 11 is 0. The molecule has 0 radical (unpaired) electrons. The molecule has 0 aromatic rings. The lowest BCUT2D eigenvalue weighted by Gasteiger charge is -2.23. The molecule has 2 unspecified atom stereocenters. The van der Waals surface area contributed by atoms with E-state index >= 15 is 0 Å². The third-order valence-electron chi connectivity index (χ3n) is 4.93. The van der Waals surface area contributed by atoms with Gasteiger partial charge in [0.2, 0.25) is 5.91 Å². The van der Waals surface area contributed by atoms with E-state index in [-0.39, 0.29) is 17.9 Å². The van der Waals surface area contributed by atoms with Crippen LogP contribution in [0.25, 0.3) is 0 Å². The third kappa shape index (κ3) is 3.28. The summed E-state index contributed by atoms with van der Waals surface area (Å²) in [7, 11) is 0. The van der Waals surface area contributed by atoms with Gasteiger partial charge in [-0.2, -0.15) is 0 Å². The monoisotopic (exact) mass is 267 g/mol. The molecule has 2 aliphatic carbocycles. The van der Waals surface area contributed by atoms with Gasteiger partial charge in [0.05, 0.1) is 11.8 Å². The summed E-state index contributed by atoms with van der Waals surface area (Å²) in [5, 5.41) is 12.3. The van der Waals surface area contributed by atoms with Crippen LogP contribution in [0.3, 0.4) is 0 Å². The van der Waals surface area contributed by atoms with E-state index in [1.165, 1.54) is 25.7 Å². The van der Waals surface area contributed by atoms with Crippen molar-refractivity contribution in [1.82, 2.24) is 5.32 Å². The quantitative estimate of drug-likeness (QED) is 0.822. The zero-order valence-electron chi connectivity index (χ0n) is 11.9. The number of carbonyl (C=O) groups excluding carboxylic acids is 1. The van der Waals surface area contributed by atoms with Crippen molar-refractivity contribution in [2.24, 2.45) is 23.7 Å². The molecule has 2 saturated carbocycles. The van der Waals surface area contributed by atoms with Crippen LogP contribution in [-0.4, -0.2) is 23.0 Å². The first kappa shape index (κ1) is 14.4. The average Bonchev–Trinajstić information content (AvgIpc) is 2.96. The highest BCUT2D eigenvalue weighted by Gasteiger charge is 2.41. The Kier molecular flexibility index (Phi) is 4.48. The summed E-state index contributed by atoms with van der Waals surface area (Å²) < 4.78 is 0. The topological polar surface area (TPSA) is 66.4 Å². The molecule has 19 heavy (non-hydrogen) atoms. The Morgan fingerprint density at radius 2 is 1.74 bits per heavy atom. The fourth-order valence-electron chi connectivity index (χ4n) is 3.76. The first-order chi connectivity index (χ1) is 8.99. The van der Waals surface area contributed by atoms with Crippen molar-refractivity contribution in [2.75, 3.05) is 0 Å². The molecule has 0 aromatic heterocycles. The van der Waals surface area contributed by atoms with Gasteiger partial charge < -0.3 is 10.4 Å². The third-order valence-corrected chi connectivity index (χ3v) is 4.93. The molecule has 2 aliphatic rings. The van der Waals surface area contributed by atoms with E-state index in [9.17, 15) is 14.7 Å². The lowest BCUT2D eigenvalue weighted by atomic mass is 9.93. The minimum Gasteiger partial charge on any atom is -0.481 e. The van der Waals surface area contributed by atoms with E-state index in [2.05, 4.69) is 12.2 Å². The maximum atomic E-state index is 12.3. The van der Waals surface area contributed by atoms with E-state index in [0.717, 1.165) is 0 Å². The van der Waals surface area contributed by atoms with E-state index < -0.39 is 11.9 Å². The molecule has 108 valence electrons. The Morgan fingerprint density at radius 3 is 2.32 bits per heavy atom. The van der Waals surface area contributed by atoms with Crippen molar-refractivity contribution in [1.29, 1.82) is 0 Å². The van der Waals surface area contributed by atoms with Gasteiger partial charge in [0.1, 0.15) is 0 Å². The van der Waals surface area contributed by atoms with Crippen LogP contribution < -0.4 is 5.32 Å². The molecule has 0 spiro atoms. The van der Waals surface area contributed by atoms with Crippen molar-refractivity contribution in [3.05, 3.63) is 0 Å². The number of carbonyl (C=O) groups is 2. The smallest absolute Gasteiger partial charge is 0.307 e. The summed E-state index contributed by atoms with van der Waals surface area (Å²) in [6.45, 7) is 4.09. The number of hydrogen-bond donors (Lipinski definition) is 2. The summed E-state index contributed by atoms with van der Waals surface area (Å²) in [6, 6.07) is 0.181. The number of carboxylic acid groups (broad SMARTS) is 1. The maximum Gasteiger partial charge on any atom is 0.307 e. The standard InChI is InChI=1S/C15H25NO3/c1-9-7-12(13(8-9)15(18)19)14(17)16-10(2)11-5-3-4-6-11/h9-13H,3-8H2,1-2H3,(H,16,17)(H,18,19)/t9?,10?,12-,13+/m0/s1. The first-order valence-electron chi connectivity index (χ1n) is 7.52. The van der Waals surface area contributed by atoms with Gasteiger partial charge in [-0.3, -0.25) is 9.59 Å². The van der Waals surface area contributed by atoms with Crippen LogP contribution in [0, 0.1) is 23.7 Å². The fraction of sp³-hybridized carbons (Fsp3) is 0.867. The van der Waals surface area contributed by atoms with Gasteiger partial charge >= 0.3 is 5.97 Å². The Bertz CT molecular complexity index is 349.